The van der Waals surface area contributed by atoms with Crippen molar-refractivity contribution >= 4 is 52.3 Å². The summed E-state index contributed by atoms with van der Waals surface area (Å²) in [5.74, 6) is -0.342. The molecule has 0 spiro atoms. The molecule has 1 aliphatic rings. The van der Waals surface area contributed by atoms with Gasteiger partial charge in [0.1, 0.15) is 5.82 Å². The van der Waals surface area contributed by atoms with E-state index in [4.69, 9.17) is 33.7 Å². The highest BCUT2D eigenvalue weighted by Crippen LogP contribution is 2.34. The number of nitrogens with one attached hydrogen (secondary N) is 1. The Morgan fingerprint density at radius 2 is 1.97 bits per heavy atom. The summed E-state index contributed by atoms with van der Waals surface area (Å²) in [6.07, 6.45) is 2.75. The van der Waals surface area contributed by atoms with Crippen LogP contribution in [0.3, 0.4) is 0 Å². The molecule has 3 N–H and O–H groups in total. The molecule has 3 rings (SSSR count). The molecule has 154 valence electrons. The van der Waals surface area contributed by atoms with Gasteiger partial charge in [-0.1, -0.05) is 23.2 Å². The molecule has 0 saturated carbocycles. The van der Waals surface area contributed by atoms with Crippen LogP contribution in [-0.2, 0) is 9.53 Å². The zero-order valence-electron chi connectivity index (χ0n) is 16.0. The van der Waals surface area contributed by atoms with Crippen LogP contribution in [0.15, 0.2) is 30.5 Å². The topological polar surface area (TPSA) is 97.5 Å². The number of aromatic nitrogens is 1. The van der Waals surface area contributed by atoms with Gasteiger partial charge < -0.3 is 20.7 Å². The normalized spacial score (nSPS) is 14.5. The average Bonchev–Trinajstić information content (AvgIpc) is 2.71. The van der Waals surface area contributed by atoms with Crippen LogP contribution in [0.5, 0.6) is 0 Å². The zero-order chi connectivity index (χ0) is 21.0. The van der Waals surface area contributed by atoms with Crippen molar-refractivity contribution in [2.45, 2.75) is 19.8 Å². The van der Waals surface area contributed by atoms with Gasteiger partial charge in [0, 0.05) is 24.3 Å². The van der Waals surface area contributed by atoms with Crippen molar-refractivity contribution in [3.63, 3.8) is 0 Å². The first kappa shape index (κ1) is 21.2. The third-order valence-electron chi connectivity index (χ3n) is 4.79. The van der Waals surface area contributed by atoms with E-state index in [2.05, 4.69) is 10.3 Å². The van der Waals surface area contributed by atoms with Crippen molar-refractivity contribution in [3.8, 4) is 0 Å². The first-order valence-electron chi connectivity index (χ1n) is 9.32. The number of benzene rings is 1. The number of nitrogen functional groups attached to an aromatic ring is 1. The summed E-state index contributed by atoms with van der Waals surface area (Å²) in [5.41, 5.74) is 7.57. The Balaban J connectivity index is 1.76. The molecule has 7 nitrogen and oxygen atoms in total. The Hall–Kier alpha value is -2.51. The van der Waals surface area contributed by atoms with Crippen LogP contribution in [0.25, 0.3) is 0 Å². The maximum atomic E-state index is 12.7. The number of ether oxygens (including phenoxy) is 1. The van der Waals surface area contributed by atoms with Crippen molar-refractivity contribution < 1.29 is 14.3 Å². The van der Waals surface area contributed by atoms with E-state index in [1.807, 2.05) is 4.90 Å². The predicted octanol–water partition coefficient (Wildman–Crippen LogP) is 4.00. The van der Waals surface area contributed by atoms with Gasteiger partial charge in [-0.25, -0.2) is 4.98 Å². The molecule has 1 saturated heterocycles. The minimum Gasteiger partial charge on any atom is -0.466 e. The van der Waals surface area contributed by atoms with Gasteiger partial charge in [-0.3, -0.25) is 9.59 Å². The molecule has 0 radical (unpaired) electrons. The molecule has 1 aliphatic heterocycles. The number of nitrogens with two attached hydrogens (primary N) is 1. The summed E-state index contributed by atoms with van der Waals surface area (Å²) in [4.78, 5) is 30.8. The van der Waals surface area contributed by atoms with Gasteiger partial charge in [0.2, 0.25) is 0 Å². The van der Waals surface area contributed by atoms with Crippen LogP contribution >= 0.6 is 23.2 Å². The fraction of sp³-hybridized carbons (Fsp3) is 0.350. The Morgan fingerprint density at radius 1 is 1.24 bits per heavy atom. The van der Waals surface area contributed by atoms with Crippen LogP contribution in [-0.4, -0.2) is 36.6 Å². The van der Waals surface area contributed by atoms with Crippen molar-refractivity contribution in [3.05, 3.63) is 46.1 Å². The van der Waals surface area contributed by atoms with E-state index in [1.54, 1.807) is 25.1 Å². The molecule has 1 fully saturated rings. The van der Waals surface area contributed by atoms with E-state index in [0.29, 0.717) is 59.8 Å². The van der Waals surface area contributed by atoms with Crippen LogP contribution in [0, 0.1) is 5.92 Å². The Kier molecular flexibility index (Phi) is 6.82. The van der Waals surface area contributed by atoms with Gasteiger partial charge in [-0.2, -0.15) is 0 Å². The van der Waals surface area contributed by atoms with Gasteiger partial charge in [0.25, 0.3) is 5.91 Å². The summed E-state index contributed by atoms with van der Waals surface area (Å²) in [6, 6.07) is 6.49. The highest BCUT2D eigenvalue weighted by Gasteiger charge is 2.28. The van der Waals surface area contributed by atoms with Gasteiger partial charge in [-0.15, -0.1) is 0 Å². The molecule has 2 heterocycles. The number of esters is 1. The minimum absolute atomic E-state index is 0.120. The smallest absolute Gasteiger partial charge is 0.309 e. The van der Waals surface area contributed by atoms with E-state index in [9.17, 15) is 9.59 Å². The Morgan fingerprint density at radius 3 is 2.59 bits per heavy atom. The molecule has 29 heavy (non-hydrogen) atoms. The first-order valence-corrected chi connectivity index (χ1v) is 10.1. The number of piperidine rings is 1. The summed E-state index contributed by atoms with van der Waals surface area (Å²) < 4.78 is 5.11. The van der Waals surface area contributed by atoms with Crippen LogP contribution in [0.2, 0.25) is 10.0 Å². The number of nitrogens with zero attached hydrogens (tertiary/aromatic N) is 2. The molecule has 9 heteroatoms. The zero-order valence-corrected chi connectivity index (χ0v) is 17.5. The van der Waals surface area contributed by atoms with Gasteiger partial charge in [0.15, 0.2) is 0 Å². The Labute approximate surface area is 179 Å². The maximum Gasteiger partial charge on any atom is 0.309 e. The molecular weight excluding hydrogens is 415 g/mol. The standard InChI is InChI=1S/C20H22Cl2N4O3/c1-2-29-20(28)12-5-7-26(8-6-12)16-10-14(22)9-15(18(16)23)19(27)25-17-4-3-13(21)11-24-17/h3-4,9-12H,2,5-8,23H2,1H3,(H,24,25,27). The summed E-state index contributed by atoms with van der Waals surface area (Å²) in [7, 11) is 0. The second kappa shape index (κ2) is 9.33. The van der Waals surface area contributed by atoms with Crippen LogP contribution in [0.4, 0.5) is 17.2 Å². The van der Waals surface area contributed by atoms with E-state index in [-0.39, 0.29) is 17.5 Å². The second-order valence-corrected chi connectivity index (χ2v) is 7.59. The fourth-order valence-electron chi connectivity index (χ4n) is 3.30. The number of rotatable bonds is 5. The number of carbonyl (C=O) groups is 2. The molecule has 0 atom stereocenters. The first-order chi connectivity index (χ1) is 13.9. The van der Waals surface area contributed by atoms with Crippen molar-refractivity contribution in [2.24, 2.45) is 5.92 Å². The lowest BCUT2D eigenvalue weighted by Gasteiger charge is -2.33. The fourth-order valence-corrected chi connectivity index (χ4v) is 3.63. The predicted molar refractivity (Wildman–Crippen MR) is 115 cm³/mol. The SMILES string of the molecule is CCOC(=O)C1CCN(c2cc(Cl)cc(C(=O)Nc3ccc(Cl)cn3)c2N)CC1. The molecule has 0 bridgehead atoms. The summed E-state index contributed by atoms with van der Waals surface area (Å²) in [6.45, 7) is 3.41. The second-order valence-electron chi connectivity index (χ2n) is 6.72. The largest absolute Gasteiger partial charge is 0.466 e. The van der Waals surface area contributed by atoms with Crippen LogP contribution in [0.1, 0.15) is 30.1 Å². The summed E-state index contributed by atoms with van der Waals surface area (Å²) in [5, 5.41) is 3.56. The molecule has 0 aliphatic carbocycles. The van der Waals surface area contributed by atoms with Crippen molar-refractivity contribution in [2.75, 3.05) is 35.6 Å². The highest BCUT2D eigenvalue weighted by atomic mass is 35.5. The molecule has 1 amide bonds. The molecule has 1 aromatic heterocycles. The van der Waals surface area contributed by atoms with Gasteiger partial charge in [0.05, 0.1) is 34.5 Å². The quantitative estimate of drug-likeness (QED) is 0.542. The number of carbonyl (C=O) groups excluding carboxylic acids is 2. The van der Waals surface area contributed by atoms with Gasteiger partial charge in [-0.05, 0) is 44.0 Å². The van der Waals surface area contributed by atoms with Crippen molar-refractivity contribution in [1.29, 1.82) is 0 Å². The maximum absolute atomic E-state index is 12.7. The monoisotopic (exact) mass is 436 g/mol. The number of pyridine rings is 1. The van der Waals surface area contributed by atoms with E-state index < -0.39 is 5.91 Å². The van der Waals surface area contributed by atoms with E-state index in [1.165, 1.54) is 12.3 Å². The lowest BCUT2D eigenvalue weighted by atomic mass is 9.96. The minimum atomic E-state index is -0.414. The Bertz CT molecular complexity index is 897. The number of hydrogen-bond acceptors (Lipinski definition) is 6. The molecule has 0 unspecified atom stereocenters. The van der Waals surface area contributed by atoms with E-state index in [0.717, 1.165) is 0 Å². The number of anilines is 3. The van der Waals surface area contributed by atoms with E-state index >= 15 is 0 Å². The average molecular weight is 437 g/mol. The van der Waals surface area contributed by atoms with Gasteiger partial charge >= 0.3 is 5.97 Å². The highest BCUT2D eigenvalue weighted by molar-refractivity contribution is 6.32. The molecule has 2 aromatic rings. The number of amides is 1. The molecule has 1 aromatic carbocycles. The lowest BCUT2D eigenvalue weighted by molar-refractivity contribution is -0.148. The third kappa shape index (κ3) is 5.10. The summed E-state index contributed by atoms with van der Waals surface area (Å²) >= 11 is 12.1. The van der Waals surface area contributed by atoms with Crippen molar-refractivity contribution in [1.82, 2.24) is 4.98 Å². The van der Waals surface area contributed by atoms with Crippen LogP contribution < -0.4 is 16.0 Å². The third-order valence-corrected chi connectivity index (χ3v) is 5.23. The lowest BCUT2D eigenvalue weighted by Crippen LogP contribution is -2.37. The molecular formula is C20H22Cl2N4O3. The number of halogens is 2. The number of hydrogen-bond donors (Lipinski definition) is 2.